The van der Waals surface area contributed by atoms with Gasteiger partial charge >= 0.3 is 12.0 Å². The molecule has 1 saturated heterocycles. The topological polar surface area (TPSA) is 67.9 Å². The molecule has 21 heavy (non-hydrogen) atoms. The molecule has 7 heteroatoms. The van der Waals surface area contributed by atoms with Crippen molar-refractivity contribution in [3.8, 4) is 0 Å². The van der Waals surface area contributed by atoms with Crippen LogP contribution in [-0.2, 0) is 9.47 Å². The molecule has 6 nitrogen and oxygen atoms in total. The van der Waals surface area contributed by atoms with Gasteiger partial charge in [-0.25, -0.2) is 9.59 Å². The number of ether oxygens (including phenoxy) is 2. The van der Waals surface area contributed by atoms with E-state index in [4.69, 9.17) is 9.47 Å². The molecule has 2 unspecified atom stereocenters. The number of carbonyl (C=O) groups excluding carboxylic acids is 2. The van der Waals surface area contributed by atoms with Crippen LogP contribution in [0.4, 0.5) is 9.80 Å². The van der Waals surface area contributed by atoms with Gasteiger partial charge in [-0.05, 0) is 26.8 Å². The molecule has 1 fully saturated rings. The fraction of sp³-hybridized carbons (Fsp3) is 0.571. The fourth-order valence-electron chi connectivity index (χ4n) is 2.43. The lowest BCUT2D eigenvalue weighted by molar-refractivity contribution is -0.0111. The van der Waals surface area contributed by atoms with Crippen molar-refractivity contribution in [3.63, 3.8) is 0 Å². The van der Waals surface area contributed by atoms with Gasteiger partial charge < -0.3 is 14.4 Å². The monoisotopic (exact) mass is 312 g/mol. The molecule has 0 aliphatic carbocycles. The summed E-state index contributed by atoms with van der Waals surface area (Å²) >= 11 is 1.36. The van der Waals surface area contributed by atoms with Gasteiger partial charge in [-0.15, -0.1) is 11.3 Å². The van der Waals surface area contributed by atoms with E-state index in [1.807, 2.05) is 20.8 Å². The van der Waals surface area contributed by atoms with Gasteiger partial charge in [0.05, 0.1) is 38.0 Å². The van der Waals surface area contributed by atoms with Crippen molar-refractivity contribution >= 4 is 28.3 Å². The highest BCUT2D eigenvalue weighted by atomic mass is 32.1. The SMILES string of the molecule is COC(=O)c1cc(C)sc1NC(=O)N1C(C)COCC1C. The van der Waals surface area contributed by atoms with E-state index < -0.39 is 5.97 Å². The molecule has 0 aromatic carbocycles. The minimum atomic E-state index is -0.447. The van der Waals surface area contributed by atoms with Crippen LogP contribution in [0.15, 0.2) is 6.07 Å². The van der Waals surface area contributed by atoms with Crippen LogP contribution in [0.3, 0.4) is 0 Å². The number of thiophene rings is 1. The number of methoxy groups -OCH3 is 1. The van der Waals surface area contributed by atoms with Crippen LogP contribution >= 0.6 is 11.3 Å². The molecule has 1 aliphatic heterocycles. The molecule has 1 aromatic rings. The zero-order valence-electron chi connectivity index (χ0n) is 12.6. The van der Waals surface area contributed by atoms with E-state index in [-0.39, 0.29) is 18.1 Å². The van der Waals surface area contributed by atoms with E-state index in [0.29, 0.717) is 23.8 Å². The Morgan fingerprint density at radius 2 is 2.00 bits per heavy atom. The molecular formula is C14H20N2O4S. The third-order valence-corrected chi connectivity index (χ3v) is 4.35. The summed E-state index contributed by atoms with van der Waals surface area (Å²) in [6.45, 7) is 6.80. The Morgan fingerprint density at radius 3 is 2.57 bits per heavy atom. The molecule has 1 aromatic heterocycles. The molecule has 2 heterocycles. The van der Waals surface area contributed by atoms with Gasteiger partial charge in [0, 0.05) is 4.88 Å². The number of hydrogen-bond donors (Lipinski definition) is 1. The molecule has 1 N–H and O–H groups in total. The molecular weight excluding hydrogens is 292 g/mol. The van der Waals surface area contributed by atoms with Gasteiger partial charge in [0.15, 0.2) is 0 Å². The predicted octanol–water partition coefficient (Wildman–Crippen LogP) is 2.48. The summed E-state index contributed by atoms with van der Waals surface area (Å²) in [4.78, 5) is 26.9. The maximum Gasteiger partial charge on any atom is 0.340 e. The minimum Gasteiger partial charge on any atom is -0.465 e. The quantitative estimate of drug-likeness (QED) is 0.852. The average molecular weight is 312 g/mol. The maximum absolute atomic E-state index is 12.5. The maximum atomic E-state index is 12.5. The van der Waals surface area contributed by atoms with Gasteiger partial charge in [0.1, 0.15) is 5.00 Å². The van der Waals surface area contributed by atoms with Crippen molar-refractivity contribution in [1.29, 1.82) is 0 Å². The number of morpholine rings is 1. The van der Waals surface area contributed by atoms with Gasteiger partial charge in [0.25, 0.3) is 0 Å². The van der Waals surface area contributed by atoms with Crippen LogP contribution in [0, 0.1) is 6.92 Å². The van der Waals surface area contributed by atoms with Crippen LogP contribution in [0.25, 0.3) is 0 Å². The Bertz CT molecular complexity index is 533. The summed E-state index contributed by atoms with van der Waals surface area (Å²) in [5.74, 6) is -0.447. The van der Waals surface area contributed by atoms with Gasteiger partial charge in [-0.2, -0.15) is 0 Å². The summed E-state index contributed by atoms with van der Waals surface area (Å²) in [6, 6.07) is 1.50. The van der Waals surface area contributed by atoms with E-state index in [1.165, 1.54) is 18.4 Å². The summed E-state index contributed by atoms with van der Waals surface area (Å²) in [5.41, 5.74) is 0.391. The highest BCUT2D eigenvalue weighted by molar-refractivity contribution is 7.16. The first kappa shape index (κ1) is 15.8. The Labute approximate surface area is 128 Å². The molecule has 2 rings (SSSR count). The van der Waals surface area contributed by atoms with Crippen molar-refractivity contribution in [2.45, 2.75) is 32.9 Å². The van der Waals surface area contributed by atoms with Gasteiger partial charge in [-0.3, -0.25) is 5.32 Å². The number of esters is 1. The van der Waals surface area contributed by atoms with Gasteiger partial charge in [-0.1, -0.05) is 0 Å². The second-order valence-corrected chi connectivity index (χ2v) is 6.42. The molecule has 0 spiro atoms. The molecule has 2 amide bonds. The summed E-state index contributed by atoms with van der Waals surface area (Å²) in [5, 5.41) is 3.35. The molecule has 1 aliphatic rings. The van der Waals surface area contributed by atoms with Crippen LogP contribution in [0.5, 0.6) is 0 Å². The Morgan fingerprint density at radius 1 is 1.38 bits per heavy atom. The van der Waals surface area contributed by atoms with Crippen LogP contribution in [-0.4, -0.2) is 49.3 Å². The van der Waals surface area contributed by atoms with Crippen molar-refractivity contribution < 1.29 is 19.1 Å². The van der Waals surface area contributed by atoms with Gasteiger partial charge in [0.2, 0.25) is 0 Å². The second-order valence-electron chi connectivity index (χ2n) is 5.16. The third kappa shape index (κ3) is 3.36. The molecule has 0 bridgehead atoms. The number of hydrogen-bond acceptors (Lipinski definition) is 5. The normalized spacial score (nSPS) is 22.0. The number of urea groups is 1. The number of rotatable bonds is 2. The largest absolute Gasteiger partial charge is 0.465 e. The zero-order chi connectivity index (χ0) is 15.6. The summed E-state index contributed by atoms with van der Waals surface area (Å²) in [6.07, 6.45) is 0. The average Bonchev–Trinajstić information content (AvgIpc) is 2.78. The summed E-state index contributed by atoms with van der Waals surface area (Å²) in [7, 11) is 1.33. The first-order valence-corrected chi connectivity index (χ1v) is 7.61. The Hall–Kier alpha value is -1.60. The summed E-state index contributed by atoms with van der Waals surface area (Å²) < 4.78 is 10.2. The Kier molecular flexibility index (Phi) is 4.84. The number of aryl methyl sites for hydroxylation is 1. The van der Waals surface area contributed by atoms with Crippen LogP contribution in [0.1, 0.15) is 29.1 Å². The lowest BCUT2D eigenvalue weighted by Gasteiger charge is -2.38. The molecule has 0 radical (unpaired) electrons. The number of nitrogens with one attached hydrogen (secondary N) is 1. The van der Waals surface area contributed by atoms with Crippen molar-refractivity contribution in [3.05, 3.63) is 16.5 Å². The fourth-order valence-corrected chi connectivity index (χ4v) is 3.32. The first-order valence-electron chi connectivity index (χ1n) is 6.79. The van der Waals surface area contributed by atoms with E-state index >= 15 is 0 Å². The number of anilines is 1. The highest BCUT2D eigenvalue weighted by Gasteiger charge is 2.30. The standard InChI is InChI=1S/C14H20N2O4S/c1-8-6-20-7-9(2)16(8)14(18)15-12-11(13(17)19-4)5-10(3)21-12/h5,8-9H,6-7H2,1-4H3,(H,15,18). The van der Waals surface area contributed by atoms with E-state index in [1.54, 1.807) is 11.0 Å². The predicted molar refractivity (Wildman–Crippen MR) is 81.0 cm³/mol. The highest BCUT2D eigenvalue weighted by Crippen LogP contribution is 2.29. The molecule has 0 saturated carbocycles. The second kappa shape index (κ2) is 6.44. The third-order valence-electron chi connectivity index (χ3n) is 3.38. The van der Waals surface area contributed by atoms with Crippen LogP contribution < -0.4 is 5.32 Å². The number of nitrogens with zero attached hydrogens (tertiary/aromatic N) is 1. The van der Waals surface area contributed by atoms with Crippen molar-refractivity contribution in [2.24, 2.45) is 0 Å². The first-order chi connectivity index (χ1) is 9.93. The lowest BCUT2D eigenvalue weighted by atomic mass is 10.2. The zero-order valence-corrected chi connectivity index (χ0v) is 13.5. The Balaban J connectivity index is 2.17. The van der Waals surface area contributed by atoms with E-state index in [0.717, 1.165) is 4.88 Å². The smallest absolute Gasteiger partial charge is 0.340 e. The van der Waals surface area contributed by atoms with E-state index in [9.17, 15) is 9.59 Å². The minimum absolute atomic E-state index is 0.00335. The molecule has 2 atom stereocenters. The lowest BCUT2D eigenvalue weighted by Crippen LogP contribution is -2.54. The van der Waals surface area contributed by atoms with E-state index in [2.05, 4.69) is 5.32 Å². The van der Waals surface area contributed by atoms with Crippen molar-refractivity contribution in [2.75, 3.05) is 25.6 Å². The molecule has 116 valence electrons. The number of amides is 2. The van der Waals surface area contributed by atoms with Crippen molar-refractivity contribution in [1.82, 2.24) is 4.90 Å². The van der Waals surface area contributed by atoms with Crippen LogP contribution in [0.2, 0.25) is 0 Å². The number of carbonyl (C=O) groups is 2.